The number of carbonyl (C=O) groups excluding carboxylic acids is 3. The lowest BCUT2D eigenvalue weighted by Crippen LogP contribution is -2.41. The predicted octanol–water partition coefficient (Wildman–Crippen LogP) is 6.25. The summed E-state index contributed by atoms with van der Waals surface area (Å²) in [5, 5.41) is 0.314. The van der Waals surface area contributed by atoms with Crippen LogP contribution in [0.1, 0.15) is 82.9 Å². The molecule has 1 fully saturated rings. The quantitative estimate of drug-likeness (QED) is 0.0910. The van der Waals surface area contributed by atoms with Gasteiger partial charge in [-0.2, -0.15) is 33.7 Å². The molecule has 2 unspecified atom stereocenters. The number of hydrogen-bond donors (Lipinski definition) is 4. The molecule has 3 aromatic carbocycles. The number of fused-ring (bicyclic) bond motifs is 2. The summed E-state index contributed by atoms with van der Waals surface area (Å²) < 4.78 is 183. The van der Waals surface area contributed by atoms with Crippen molar-refractivity contribution in [2.24, 2.45) is 5.92 Å². The third-order valence-corrected chi connectivity index (χ3v) is 16.7. The number of anilines is 2. The first-order valence-electron chi connectivity index (χ1n) is 22.4. The summed E-state index contributed by atoms with van der Waals surface area (Å²) in [7, 11) is -18.4. The first-order valence-corrected chi connectivity index (χ1v) is 28.5. The Labute approximate surface area is 419 Å². The fraction of sp³-hybridized carbons (Fsp3) is 0.383. The lowest BCUT2D eigenvalue weighted by atomic mass is 9.76. The number of nitrogens with zero attached hydrogens (tertiary/aromatic N) is 3. The summed E-state index contributed by atoms with van der Waals surface area (Å²) in [6.07, 6.45) is 4.06. The topological polar surface area (TPSA) is 288 Å². The molecule has 3 aromatic rings. The first kappa shape index (κ1) is 55.0. The third kappa shape index (κ3) is 11.6. The number of imide groups is 1. The minimum Gasteiger partial charge on any atom is -0.364 e. The van der Waals surface area contributed by atoms with Crippen molar-refractivity contribution >= 4 is 75.2 Å². The van der Waals surface area contributed by atoms with E-state index >= 15 is 8.78 Å². The highest BCUT2D eigenvalue weighted by Gasteiger charge is 2.45. The van der Waals surface area contributed by atoms with Crippen molar-refractivity contribution in [3.8, 4) is 0 Å². The number of carbonyl (C=O) groups is 3. The van der Waals surface area contributed by atoms with Crippen molar-refractivity contribution in [3.63, 3.8) is 0 Å². The van der Waals surface area contributed by atoms with Gasteiger partial charge in [-0.25, -0.2) is 18.0 Å². The third-order valence-electron chi connectivity index (χ3n) is 13.4. The Kier molecular flexibility index (Phi) is 15.0. The second kappa shape index (κ2) is 19.8. The fourth-order valence-electron chi connectivity index (χ4n) is 9.92. The highest BCUT2D eigenvalue weighted by Crippen LogP contribution is 2.51. The molecule has 394 valence electrons. The molecule has 4 aliphatic rings. The van der Waals surface area contributed by atoms with Crippen LogP contribution in [-0.2, 0) is 70.5 Å². The van der Waals surface area contributed by atoms with E-state index in [1.165, 1.54) is 48.6 Å². The second-order valence-corrected chi connectivity index (χ2v) is 25.1. The molecule has 0 aromatic heterocycles. The molecule has 1 saturated heterocycles. The van der Waals surface area contributed by atoms with Gasteiger partial charge in [-0.1, -0.05) is 45.9 Å². The maximum absolute atomic E-state index is 16.4. The van der Waals surface area contributed by atoms with E-state index < -0.39 is 138 Å². The zero-order chi connectivity index (χ0) is 54.0. The summed E-state index contributed by atoms with van der Waals surface area (Å²) in [6, 6.07) is 7.38. The van der Waals surface area contributed by atoms with E-state index in [1.807, 2.05) is 0 Å². The summed E-state index contributed by atoms with van der Waals surface area (Å²) in [6.45, 7) is 6.49. The maximum Gasteiger partial charge on any atom is 0.336 e. The Hall–Kier alpha value is -5.74. The van der Waals surface area contributed by atoms with Gasteiger partial charge in [0.2, 0.25) is 0 Å². The van der Waals surface area contributed by atoms with E-state index in [2.05, 4.69) is 0 Å². The molecule has 0 bridgehead atoms. The average molecular weight is 1100 g/mol. The van der Waals surface area contributed by atoms with Gasteiger partial charge in [-0.05, 0) is 96.0 Å². The lowest BCUT2D eigenvalue weighted by molar-refractivity contribution is -0.200. The largest absolute Gasteiger partial charge is 0.364 e. The molecule has 26 heteroatoms. The molecular weight excluding hydrogens is 1050 g/mol. The Morgan fingerprint density at radius 1 is 0.726 bits per heavy atom. The number of allylic oxidation sites excluding steroid dienone is 7. The van der Waals surface area contributed by atoms with Gasteiger partial charge in [0.15, 0.2) is 0 Å². The van der Waals surface area contributed by atoms with Crippen LogP contribution in [0.2, 0.25) is 0 Å². The van der Waals surface area contributed by atoms with Crippen molar-refractivity contribution in [1.82, 2.24) is 5.06 Å². The zero-order valence-corrected chi connectivity index (χ0v) is 42.7. The number of halogens is 3. The molecule has 3 heterocycles. The Morgan fingerprint density at radius 2 is 1.26 bits per heavy atom. The number of rotatable bonds is 16. The van der Waals surface area contributed by atoms with Crippen LogP contribution in [0, 0.1) is 23.4 Å². The molecule has 0 radical (unpaired) electrons. The van der Waals surface area contributed by atoms with E-state index in [4.69, 9.17) is 4.84 Å². The minimum atomic E-state index is -4.75. The van der Waals surface area contributed by atoms with Crippen molar-refractivity contribution < 1.29 is 84.3 Å². The van der Waals surface area contributed by atoms with Gasteiger partial charge in [0.1, 0.15) is 17.5 Å². The van der Waals surface area contributed by atoms with Crippen molar-refractivity contribution in [2.45, 2.75) is 92.9 Å². The maximum atomic E-state index is 16.4. The molecule has 2 amide bonds. The van der Waals surface area contributed by atoms with Gasteiger partial charge in [-0.15, -0.1) is 5.06 Å². The highest BCUT2D eigenvalue weighted by atomic mass is 32.2. The van der Waals surface area contributed by atoms with Gasteiger partial charge in [0.25, 0.3) is 52.3 Å². The lowest BCUT2D eigenvalue weighted by Gasteiger charge is -2.33. The van der Waals surface area contributed by atoms with Crippen LogP contribution in [0.15, 0.2) is 99.5 Å². The van der Waals surface area contributed by atoms with E-state index in [-0.39, 0.29) is 55.5 Å². The van der Waals surface area contributed by atoms with Crippen molar-refractivity contribution in [3.05, 3.63) is 124 Å². The van der Waals surface area contributed by atoms with Crippen molar-refractivity contribution in [1.29, 1.82) is 0 Å². The van der Waals surface area contributed by atoms with Crippen LogP contribution in [0.3, 0.4) is 0 Å². The summed E-state index contributed by atoms with van der Waals surface area (Å²) in [4.78, 5) is 47.1. The molecule has 19 nitrogen and oxygen atoms in total. The van der Waals surface area contributed by atoms with Crippen molar-refractivity contribution in [2.75, 3.05) is 34.4 Å². The number of amides is 2. The van der Waals surface area contributed by atoms with Gasteiger partial charge in [0, 0.05) is 66.0 Å². The smallest absolute Gasteiger partial charge is 0.336 e. The monoisotopic (exact) mass is 1100 g/mol. The van der Waals surface area contributed by atoms with E-state index in [1.54, 1.807) is 37.5 Å². The van der Waals surface area contributed by atoms with Crippen LogP contribution in [-0.4, -0.2) is 105 Å². The van der Waals surface area contributed by atoms with Crippen LogP contribution in [0.5, 0.6) is 0 Å². The molecule has 4 N–H and O–H groups in total. The molecule has 0 saturated carbocycles. The molecule has 1 aliphatic carbocycles. The predicted molar refractivity (Wildman–Crippen MR) is 258 cm³/mol. The minimum absolute atomic E-state index is 0.0126. The number of hydroxylamine groups is 2. The molecular formula is C47H50F3N3O16S4. The summed E-state index contributed by atoms with van der Waals surface area (Å²) in [5.74, 6) is -9.53. The van der Waals surface area contributed by atoms with E-state index in [9.17, 15) is 70.7 Å². The van der Waals surface area contributed by atoms with Gasteiger partial charge < -0.3 is 14.6 Å². The Balaban J connectivity index is 1.46. The Bertz CT molecular complexity index is 3390. The number of benzene rings is 3. The van der Waals surface area contributed by atoms with E-state index in [0.717, 1.165) is 12.1 Å². The van der Waals surface area contributed by atoms with Gasteiger partial charge >= 0.3 is 5.97 Å². The molecule has 3 aliphatic heterocycles. The van der Waals surface area contributed by atoms with Crippen LogP contribution >= 0.6 is 0 Å². The SMILES string of the molecule is CC1(C)/C(=C\C=C2/CC(C(=O)ON3C(=O)CCC3=O)CC(/C=C/C3N(CCCS(=O)(=O)O)c4ccc(S(=O)(=O)O)cc4C3(C)C)=C2c2c(F)cc(F)cc2F)N(CCCS(=O)(=O)O)c2ccc(S(=O)(=O)O)cc21. The first-order chi connectivity index (χ1) is 33.7. The summed E-state index contributed by atoms with van der Waals surface area (Å²) in [5.41, 5.74) is -1.63. The molecule has 2 atom stereocenters. The second-order valence-electron chi connectivity index (χ2n) is 19.1. The normalized spacial score (nSPS) is 21.3. The van der Waals surface area contributed by atoms with Crippen LogP contribution < -0.4 is 9.80 Å². The fourth-order valence-corrected chi connectivity index (χ4v) is 11.9. The zero-order valence-electron chi connectivity index (χ0n) is 39.5. The highest BCUT2D eigenvalue weighted by molar-refractivity contribution is 7.86. The van der Waals surface area contributed by atoms with Crippen LogP contribution in [0.25, 0.3) is 5.57 Å². The molecule has 7 rings (SSSR count). The van der Waals surface area contributed by atoms with Gasteiger partial charge in [0.05, 0.1) is 38.8 Å². The van der Waals surface area contributed by atoms with Gasteiger partial charge in [-0.3, -0.25) is 27.8 Å². The standard InChI is InChI=1S/C47H50F3N3O16S4/c1-46(2)33-25-31(72(63,64)65)9-11-37(33)51(17-5-19-70(57,58)59)39(46)13-7-27-21-29(45(56)69-53-41(54)15-16-42(53)55)22-28(43(27)44-35(49)23-30(48)24-36(44)50)8-14-40-47(3,4)34-26-32(73(66,67)68)10-12-38(34)52(40)18-6-20-71(60,61)62/h7-14,23-26,29,39H,5-6,15-22H2,1-4H3,(H,57,58,59)(H,60,61,62)(H,63,64,65)(H,66,67,68)/b13-7+,28-8+,40-14+. The average Bonchev–Trinajstić information content (AvgIpc) is 3.77. The van der Waals surface area contributed by atoms with Crippen LogP contribution in [0.4, 0.5) is 24.5 Å². The molecule has 0 spiro atoms. The summed E-state index contributed by atoms with van der Waals surface area (Å²) >= 11 is 0. The molecule has 73 heavy (non-hydrogen) atoms. The number of hydrogen-bond acceptors (Lipinski definition) is 14. The Morgan fingerprint density at radius 3 is 1.81 bits per heavy atom. The van der Waals surface area contributed by atoms with E-state index in [0.29, 0.717) is 45.4 Å².